The van der Waals surface area contributed by atoms with Gasteiger partial charge < -0.3 is 29.9 Å². The summed E-state index contributed by atoms with van der Waals surface area (Å²) < 4.78 is 93.2. The van der Waals surface area contributed by atoms with Crippen LogP contribution in [0.1, 0.15) is 140 Å². The van der Waals surface area contributed by atoms with Crippen LogP contribution in [0.5, 0.6) is 0 Å². The van der Waals surface area contributed by atoms with Gasteiger partial charge >= 0.3 is 18.1 Å². The number of anilines is 2. The van der Waals surface area contributed by atoms with E-state index in [0.29, 0.717) is 40.6 Å². The maximum absolute atomic E-state index is 15.1. The van der Waals surface area contributed by atoms with E-state index in [1.165, 1.54) is 16.9 Å². The fraction of sp³-hybridized carbons (Fsp3) is 0.509. The molecule has 0 saturated carbocycles. The predicted octanol–water partition coefficient (Wildman–Crippen LogP) is 10.7. The average Bonchev–Trinajstić information content (AvgIpc) is 4.03. The van der Waals surface area contributed by atoms with Crippen molar-refractivity contribution in [1.82, 2.24) is 24.9 Å². The summed E-state index contributed by atoms with van der Waals surface area (Å²) in [6.45, 7) is 20.2. The van der Waals surface area contributed by atoms with Crippen LogP contribution in [0.4, 0.5) is 27.8 Å². The molecule has 22 heteroatoms. The maximum atomic E-state index is 15.1. The summed E-state index contributed by atoms with van der Waals surface area (Å²) in [6.07, 6.45) is -0.168. The smallest absolute Gasteiger partial charge is 0.393 e. The van der Waals surface area contributed by atoms with Crippen LogP contribution in [0.25, 0.3) is 0 Å². The van der Waals surface area contributed by atoms with E-state index in [4.69, 9.17) is 9.47 Å². The summed E-state index contributed by atoms with van der Waals surface area (Å²) in [6, 6.07) is 17.0. The number of aryl methyl sites for hydroxylation is 4. The molecule has 430 valence electrons. The molecule has 2 saturated heterocycles. The van der Waals surface area contributed by atoms with Gasteiger partial charge in [0.25, 0.3) is 0 Å². The molecule has 0 spiro atoms. The Morgan fingerprint density at radius 2 is 1.11 bits per heavy atom. The second-order valence-corrected chi connectivity index (χ2v) is 25.6. The van der Waals surface area contributed by atoms with Crippen LogP contribution in [0, 0.1) is 25.6 Å². The Hall–Kier alpha value is -5.97. The number of carbonyl (C=O) groups is 4. The zero-order valence-corrected chi connectivity index (χ0v) is 49.1. The van der Waals surface area contributed by atoms with Gasteiger partial charge in [-0.1, -0.05) is 104 Å². The van der Waals surface area contributed by atoms with Crippen LogP contribution < -0.4 is 20.4 Å². The van der Waals surface area contributed by atoms with Gasteiger partial charge in [-0.15, -0.1) is 0 Å². The van der Waals surface area contributed by atoms with Crippen LogP contribution in [-0.4, -0.2) is 103 Å². The predicted molar refractivity (Wildman–Crippen MR) is 300 cm³/mol. The number of nitrogens with one attached hydrogen (secondary N) is 2. The van der Waals surface area contributed by atoms with Crippen molar-refractivity contribution >= 4 is 66.7 Å². The van der Waals surface area contributed by atoms with Crippen LogP contribution in [0.3, 0.4) is 0 Å². The molecule has 1 unspecified atom stereocenters. The summed E-state index contributed by atoms with van der Waals surface area (Å²) in [7, 11) is -4.69. The second kappa shape index (κ2) is 26.5. The molecule has 2 fully saturated rings. The van der Waals surface area contributed by atoms with E-state index in [2.05, 4.69) is 63.6 Å². The number of thiazole rings is 2. The van der Waals surface area contributed by atoms with Gasteiger partial charge in [-0.3, -0.25) is 9.59 Å². The number of piperidine rings is 1. The van der Waals surface area contributed by atoms with Crippen molar-refractivity contribution in [2.75, 3.05) is 42.5 Å². The van der Waals surface area contributed by atoms with Crippen LogP contribution in [0.2, 0.25) is 0 Å². The van der Waals surface area contributed by atoms with E-state index in [1.807, 2.05) is 52.0 Å². The van der Waals surface area contributed by atoms with E-state index >= 15 is 4.39 Å². The van der Waals surface area contributed by atoms with E-state index in [1.54, 1.807) is 32.6 Å². The van der Waals surface area contributed by atoms with Gasteiger partial charge in [-0.2, -0.15) is 17.5 Å². The highest BCUT2D eigenvalue weighted by atomic mass is 32.2. The Morgan fingerprint density at radius 3 is 1.57 bits per heavy atom. The Balaban J connectivity index is 0.000000274. The molecule has 3 aromatic carbocycles. The van der Waals surface area contributed by atoms with Crippen molar-refractivity contribution < 1.29 is 54.6 Å². The number of hydrogen-bond acceptors (Lipinski definition) is 14. The van der Waals surface area contributed by atoms with Crippen molar-refractivity contribution in [3.63, 3.8) is 0 Å². The number of aromatic nitrogens is 2. The standard InChI is InChI=1S/C32H38F4N4O5S2.C25H35N3O3S/c1-6-7-21-8-10-22(11-9-21)18-37-28(41)25-19-39(30-38-20(2)27(46-30)29(42)45-31(3,4)5)14-15-40(25)47(43,44)26-13-12-23(16-24(26)33)17-32(34,35)36;1-6-8-18-10-12-19(13-11-18)15-26-22(29)20-9-7-14-28(16-20)24-27-17(2)21(32-24)23(30)31-25(3,4)5/h8-13,16,25H,6-7,14-15,17-19H2,1-5H3,(H,37,41);10-13,20H,6-9,14-16H2,1-5H3,(H,26,29)/t25-;/m1./s1. The summed E-state index contributed by atoms with van der Waals surface area (Å²) in [5, 5.41) is 7.02. The van der Waals surface area contributed by atoms with Crippen molar-refractivity contribution in [1.29, 1.82) is 0 Å². The highest BCUT2D eigenvalue weighted by Crippen LogP contribution is 2.34. The van der Waals surface area contributed by atoms with Gasteiger partial charge in [-0.25, -0.2) is 32.4 Å². The first-order valence-electron chi connectivity index (χ1n) is 26.5. The van der Waals surface area contributed by atoms with Crippen molar-refractivity contribution in [2.45, 2.75) is 156 Å². The molecule has 2 aliphatic rings. The normalized spacial score (nSPS) is 16.4. The minimum atomic E-state index is -4.69. The van der Waals surface area contributed by atoms with Crippen LogP contribution in [0.15, 0.2) is 71.6 Å². The van der Waals surface area contributed by atoms with Crippen molar-refractivity contribution in [3.05, 3.63) is 122 Å². The molecule has 2 amide bonds. The van der Waals surface area contributed by atoms with E-state index in [-0.39, 0.29) is 48.9 Å². The van der Waals surface area contributed by atoms with E-state index in [0.717, 1.165) is 94.7 Å². The van der Waals surface area contributed by atoms with Gasteiger partial charge in [0.05, 0.1) is 23.7 Å². The van der Waals surface area contributed by atoms with Gasteiger partial charge in [0.15, 0.2) is 10.3 Å². The molecule has 7 rings (SSSR count). The van der Waals surface area contributed by atoms with E-state index < -0.39 is 68.0 Å². The molecule has 5 aromatic rings. The molecule has 2 N–H and O–H groups in total. The van der Waals surface area contributed by atoms with Crippen molar-refractivity contribution in [3.8, 4) is 0 Å². The summed E-state index contributed by atoms with van der Waals surface area (Å²) in [5.41, 5.74) is 3.72. The number of amides is 2. The summed E-state index contributed by atoms with van der Waals surface area (Å²) in [4.78, 5) is 64.6. The molecule has 4 heterocycles. The molecule has 2 aliphatic heterocycles. The number of rotatable bonds is 17. The lowest BCUT2D eigenvalue weighted by Crippen LogP contribution is -2.60. The third-order valence-electron chi connectivity index (χ3n) is 12.8. The Morgan fingerprint density at radius 1 is 0.658 bits per heavy atom. The number of nitrogens with zero attached hydrogens (tertiary/aromatic N) is 5. The molecule has 0 bridgehead atoms. The molecule has 79 heavy (non-hydrogen) atoms. The topological polar surface area (TPSA) is 180 Å². The quantitative estimate of drug-likeness (QED) is 0.0665. The highest BCUT2D eigenvalue weighted by molar-refractivity contribution is 7.89. The number of sulfonamides is 1. The van der Waals surface area contributed by atoms with Gasteiger partial charge in [0.2, 0.25) is 21.8 Å². The number of hydrogen-bond donors (Lipinski definition) is 2. The number of piperazine rings is 1. The monoisotopic (exact) mass is 1160 g/mol. The van der Waals surface area contributed by atoms with Gasteiger partial charge in [0.1, 0.15) is 37.7 Å². The lowest BCUT2D eigenvalue weighted by atomic mass is 9.97. The Bertz CT molecular complexity index is 3030. The number of carbonyl (C=O) groups excluding carboxylic acids is 4. The third kappa shape index (κ3) is 17.8. The molecular formula is C57H73F4N7O8S3. The van der Waals surface area contributed by atoms with Crippen molar-refractivity contribution in [2.24, 2.45) is 5.92 Å². The zero-order valence-electron chi connectivity index (χ0n) is 46.6. The molecule has 2 atom stereocenters. The Labute approximate surface area is 469 Å². The first-order chi connectivity index (χ1) is 37.0. The molecular weight excluding hydrogens is 1080 g/mol. The number of esters is 2. The van der Waals surface area contributed by atoms with Crippen LogP contribution in [-0.2, 0) is 61.4 Å². The Kier molecular flexibility index (Phi) is 20.9. The number of ether oxygens (including phenoxy) is 2. The van der Waals surface area contributed by atoms with Gasteiger partial charge in [0, 0.05) is 45.8 Å². The number of benzene rings is 3. The first-order valence-corrected chi connectivity index (χ1v) is 29.6. The largest absolute Gasteiger partial charge is 0.456 e. The zero-order chi connectivity index (χ0) is 58.0. The SMILES string of the molecule is CCCc1ccc(CNC(=O)C2CCCN(c3nc(C)c(C(=O)OC(C)(C)C)s3)C2)cc1.CCCc1ccc(CNC(=O)[C@H]2CN(c3nc(C)c(C(=O)OC(C)(C)C)s3)CCN2S(=O)(=O)c2ccc(CC(F)(F)F)cc2F)cc1. The highest BCUT2D eigenvalue weighted by Gasteiger charge is 2.43. The number of alkyl halides is 3. The minimum absolute atomic E-state index is 0.0381. The molecule has 0 aliphatic carbocycles. The maximum Gasteiger partial charge on any atom is 0.393 e. The molecule has 2 aromatic heterocycles. The van der Waals surface area contributed by atoms with Crippen LogP contribution >= 0.6 is 22.7 Å². The second-order valence-electron chi connectivity index (χ2n) is 21.8. The molecule has 0 radical (unpaired) electrons. The number of halogens is 4. The fourth-order valence-corrected chi connectivity index (χ4v) is 12.5. The third-order valence-corrected chi connectivity index (χ3v) is 17.1. The molecule has 15 nitrogen and oxygen atoms in total. The van der Waals surface area contributed by atoms with Gasteiger partial charge in [-0.05, 0) is 121 Å². The lowest BCUT2D eigenvalue weighted by Gasteiger charge is -2.39. The summed E-state index contributed by atoms with van der Waals surface area (Å²) >= 11 is 2.40. The average molecular weight is 1160 g/mol. The fourth-order valence-electron chi connectivity index (χ4n) is 8.96. The summed E-state index contributed by atoms with van der Waals surface area (Å²) in [5.74, 6) is -2.92. The first kappa shape index (κ1) is 62.2. The lowest BCUT2D eigenvalue weighted by molar-refractivity contribution is -0.127. The minimum Gasteiger partial charge on any atom is -0.456 e. The van der Waals surface area contributed by atoms with E-state index in [9.17, 15) is 40.8 Å².